The maximum Gasteiger partial charge on any atom is 0.381 e. The van der Waals surface area contributed by atoms with E-state index in [1.807, 2.05) is 30.3 Å². The predicted octanol–water partition coefficient (Wildman–Crippen LogP) is 3.51. The summed E-state index contributed by atoms with van der Waals surface area (Å²) >= 11 is 0. The van der Waals surface area contributed by atoms with Crippen LogP contribution in [0.15, 0.2) is 54.6 Å². The highest BCUT2D eigenvalue weighted by Gasteiger charge is 2.33. The Morgan fingerprint density at radius 3 is 2.32 bits per heavy atom. The lowest BCUT2D eigenvalue weighted by Gasteiger charge is -2.17. The minimum absolute atomic E-state index is 0.255. The van der Waals surface area contributed by atoms with Gasteiger partial charge in [-0.3, -0.25) is 0 Å². The molecule has 0 fully saturated rings. The third-order valence-corrected chi connectivity index (χ3v) is 3.43. The van der Waals surface area contributed by atoms with Crippen LogP contribution in [0.1, 0.15) is 30.2 Å². The normalized spacial score (nSPS) is 13.2. The summed E-state index contributed by atoms with van der Waals surface area (Å²) in [6.07, 6.45) is -0.414. The van der Waals surface area contributed by atoms with Gasteiger partial charge in [0.2, 0.25) is 0 Å². The fraction of sp³-hybridized carbons (Fsp3) is 0.222. The molecule has 0 N–H and O–H groups in total. The van der Waals surface area contributed by atoms with Gasteiger partial charge >= 0.3 is 5.97 Å². The van der Waals surface area contributed by atoms with Crippen molar-refractivity contribution >= 4 is 12.7 Å². The van der Waals surface area contributed by atoms with Crippen LogP contribution in [0.3, 0.4) is 0 Å². The molecule has 4 heteroatoms. The summed E-state index contributed by atoms with van der Waals surface area (Å²) in [4.78, 5) is 12.5. The molecule has 0 radical (unpaired) electrons. The molecule has 2 rings (SSSR count). The van der Waals surface area contributed by atoms with E-state index in [1.165, 1.54) is 10.6 Å². The molecule has 0 saturated heterocycles. The molecule has 0 unspecified atom stereocenters. The molecular formula is C18H19FNO2+. The Morgan fingerprint density at radius 1 is 1.14 bits per heavy atom. The van der Waals surface area contributed by atoms with E-state index in [2.05, 4.69) is 6.72 Å². The highest BCUT2D eigenvalue weighted by Crippen LogP contribution is 2.24. The van der Waals surface area contributed by atoms with Crippen LogP contribution in [0.2, 0.25) is 0 Å². The zero-order chi connectivity index (χ0) is 16.1. The number of rotatable bonds is 5. The Hall–Kier alpha value is -2.49. The van der Waals surface area contributed by atoms with Crippen LogP contribution < -0.4 is 0 Å². The molecule has 3 nitrogen and oxygen atoms in total. The van der Waals surface area contributed by atoms with Gasteiger partial charge in [0.15, 0.2) is 0 Å². The quantitative estimate of drug-likeness (QED) is 0.480. The van der Waals surface area contributed by atoms with Crippen molar-refractivity contribution < 1.29 is 18.5 Å². The maximum absolute atomic E-state index is 14.0. The maximum atomic E-state index is 14.0. The fourth-order valence-electron chi connectivity index (χ4n) is 2.27. The number of hydrogen-bond acceptors (Lipinski definition) is 2. The Balaban J connectivity index is 2.21. The number of likely N-dealkylation sites (N-methyl/N-ethyl adjacent to an activating group) is 1. The lowest BCUT2D eigenvalue weighted by atomic mass is 10.1. The third kappa shape index (κ3) is 3.58. The van der Waals surface area contributed by atoms with Crippen molar-refractivity contribution in [2.75, 3.05) is 7.05 Å². The first-order valence-electron chi connectivity index (χ1n) is 7.04. The smallest absolute Gasteiger partial charge is 0.381 e. The van der Waals surface area contributed by atoms with Crippen molar-refractivity contribution in [3.05, 3.63) is 71.5 Å². The summed E-state index contributed by atoms with van der Waals surface area (Å²) in [5.41, 5.74) is 1.14. The van der Waals surface area contributed by atoms with Crippen molar-refractivity contribution in [2.45, 2.75) is 19.1 Å². The molecule has 0 bridgehead atoms. The zero-order valence-corrected chi connectivity index (χ0v) is 12.7. The molecule has 0 aliphatic rings. The summed E-state index contributed by atoms with van der Waals surface area (Å²) < 4.78 is 20.8. The van der Waals surface area contributed by atoms with Gasteiger partial charge in [-0.15, -0.1) is 0 Å². The second-order valence-electron chi connectivity index (χ2n) is 5.17. The van der Waals surface area contributed by atoms with Crippen molar-refractivity contribution in [1.82, 2.24) is 0 Å². The summed E-state index contributed by atoms with van der Waals surface area (Å²) in [6.45, 7) is 5.51. The number of nitrogens with zero attached hydrogens (tertiary/aromatic N) is 1. The van der Waals surface area contributed by atoms with Gasteiger partial charge in [-0.25, -0.2) is 13.8 Å². The fourth-order valence-corrected chi connectivity index (χ4v) is 2.27. The average molecular weight is 300 g/mol. The molecule has 0 aliphatic heterocycles. The van der Waals surface area contributed by atoms with Gasteiger partial charge in [0, 0.05) is 0 Å². The van der Waals surface area contributed by atoms with E-state index in [0.29, 0.717) is 0 Å². The van der Waals surface area contributed by atoms with Crippen LogP contribution in [-0.4, -0.2) is 24.3 Å². The lowest BCUT2D eigenvalue weighted by molar-refractivity contribution is -0.524. The van der Waals surface area contributed by atoms with Crippen LogP contribution in [-0.2, 0) is 9.53 Å². The molecule has 0 aromatic heterocycles. The second kappa shape index (κ2) is 6.98. The van der Waals surface area contributed by atoms with Gasteiger partial charge in [0.05, 0.1) is 5.56 Å². The van der Waals surface area contributed by atoms with Gasteiger partial charge in [0.25, 0.3) is 6.04 Å². The highest BCUT2D eigenvalue weighted by atomic mass is 19.1. The minimum atomic E-state index is -0.882. The van der Waals surface area contributed by atoms with Gasteiger partial charge in [-0.1, -0.05) is 42.5 Å². The monoisotopic (exact) mass is 300 g/mol. The van der Waals surface area contributed by atoms with E-state index in [9.17, 15) is 9.18 Å². The van der Waals surface area contributed by atoms with E-state index in [1.54, 1.807) is 32.2 Å². The van der Waals surface area contributed by atoms with Crippen LogP contribution in [0.25, 0.3) is 0 Å². The van der Waals surface area contributed by atoms with Gasteiger partial charge in [-0.2, -0.15) is 0 Å². The number of benzene rings is 2. The summed E-state index contributed by atoms with van der Waals surface area (Å²) in [5, 5.41) is 0. The van der Waals surface area contributed by atoms with Gasteiger partial charge in [0.1, 0.15) is 25.7 Å². The SMILES string of the molecule is C=[N+](C)[C@H](C(=O)O[C@@H](C)c1ccccc1)c1ccccc1F. The van der Waals surface area contributed by atoms with Crippen molar-refractivity contribution in [2.24, 2.45) is 0 Å². The molecular weight excluding hydrogens is 281 g/mol. The summed E-state index contributed by atoms with van der Waals surface area (Å²) in [7, 11) is 1.62. The van der Waals surface area contributed by atoms with E-state index in [0.717, 1.165) is 5.56 Å². The van der Waals surface area contributed by atoms with Gasteiger partial charge < -0.3 is 4.74 Å². The first-order chi connectivity index (χ1) is 10.5. The number of carbonyl (C=O) groups is 1. The number of carbonyl (C=O) groups excluding carboxylic acids is 1. The van der Waals surface area contributed by atoms with Crippen LogP contribution >= 0.6 is 0 Å². The Labute approximate surface area is 129 Å². The van der Waals surface area contributed by atoms with Crippen molar-refractivity contribution in [3.8, 4) is 0 Å². The predicted molar refractivity (Wildman–Crippen MR) is 83.4 cm³/mol. The first-order valence-corrected chi connectivity index (χ1v) is 7.04. The molecule has 0 heterocycles. The molecule has 2 atom stereocenters. The standard InChI is InChI=1S/C18H19FNO2/c1-13(14-9-5-4-6-10-14)22-18(21)17(20(2)3)15-11-7-8-12-16(15)19/h4-13,17H,2H2,1,3H3/q+1/t13-,17-/m0/s1. The largest absolute Gasteiger partial charge is 0.453 e. The first kappa shape index (κ1) is 15.9. The third-order valence-electron chi connectivity index (χ3n) is 3.43. The average Bonchev–Trinajstić information content (AvgIpc) is 2.50. The van der Waals surface area contributed by atoms with Crippen molar-refractivity contribution in [1.29, 1.82) is 0 Å². The summed E-state index contributed by atoms with van der Waals surface area (Å²) in [5.74, 6) is -0.980. The lowest BCUT2D eigenvalue weighted by Crippen LogP contribution is -2.26. The second-order valence-corrected chi connectivity index (χ2v) is 5.17. The topological polar surface area (TPSA) is 29.3 Å². The Bertz CT molecular complexity index is 670. The molecule has 0 aliphatic carbocycles. The molecule has 0 saturated carbocycles. The van der Waals surface area contributed by atoms with Crippen LogP contribution in [0.4, 0.5) is 4.39 Å². The van der Waals surface area contributed by atoms with Crippen LogP contribution in [0.5, 0.6) is 0 Å². The van der Waals surface area contributed by atoms with Crippen molar-refractivity contribution in [3.63, 3.8) is 0 Å². The minimum Gasteiger partial charge on any atom is -0.453 e. The number of ether oxygens (including phenoxy) is 1. The summed E-state index contributed by atoms with van der Waals surface area (Å²) in [6, 6.07) is 14.7. The molecule has 0 spiro atoms. The number of hydrogen-bond donors (Lipinski definition) is 0. The molecule has 114 valence electrons. The van der Waals surface area contributed by atoms with Crippen LogP contribution in [0, 0.1) is 5.82 Å². The molecule has 2 aromatic carbocycles. The van der Waals surface area contributed by atoms with E-state index in [4.69, 9.17) is 4.74 Å². The number of halogens is 1. The van der Waals surface area contributed by atoms with Gasteiger partial charge in [-0.05, 0) is 24.6 Å². The molecule has 0 amide bonds. The molecule has 22 heavy (non-hydrogen) atoms. The Kier molecular flexibility index (Phi) is 5.04. The molecule has 2 aromatic rings. The van der Waals surface area contributed by atoms with E-state index in [-0.39, 0.29) is 5.56 Å². The zero-order valence-electron chi connectivity index (χ0n) is 12.7. The highest BCUT2D eigenvalue weighted by molar-refractivity contribution is 5.76. The Morgan fingerprint density at radius 2 is 1.73 bits per heavy atom. The van der Waals surface area contributed by atoms with E-state index >= 15 is 0 Å². The van der Waals surface area contributed by atoms with E-state index < -0.39 is 23.9 Å². The number of esters is 1.